The molecule has 1 unspecified atom stereocenters. The highest BCUT2D eigenvalue weighted by Crippen LogP contribution is 2.18. The third-order valence-electron chi connectivity index (χ3n) is 4.14. The first-order valence-electron chi connectivity index (χ1n) is 8.53. The summed E-state index contributed by atoms with van der Waals surface area (Å²) in [6.45, 7) is 1.87. The molecular weight excluding hydrogens is 400 g/mol. The van der Waals surface area contributed by atoms with Crippen LogP contribution >= 0.6 is 11.6 Å². The molecular formula is C20H19ClN2O4S. The Kier molecular flexibility index (Phi) is 6.18. The van der Waals surface area contributed by atoms with Crippen molar-refractivity contribution in [2.24, 2.45) is 0 Å². The molecule has 2 aromatic carbocycles. The quantitative estimate of drug-likeness (QED) is 0.609. The summed E-state index contributed by atoms with van der Waals surface area (Å²) in [5.41, 5.74) is 1.14. The summed E-state index contributed by atoms with van der Waals surface area (Å²) in [5.74, 6) is 0.125. The van der Waals surface area contributed by atoms with E-state index in [9.17, 15) is 13.2 Å². The van der Waals surface area contributed by atoms with Gasteiger partial charge in [-0.1, -0.05) is 29.8 Å². The lowest BCUT2D eigenvalue weighted by Crippen LogP contribution is -2.27. The van der Waals surface area contributed by atoms with Crippen molar-refractivity contribution in [3.8, 4) is 0 Å². The minimum absolute atomic E-state index is 0.00542. The molecule has 28 heavy (non-hydrogen) atoms. The molecule has 3 rings (SSSR count). The summed E-state index contributed by atoms with van der Waals surface area (Å²) in [6.07, 6.45) is 1.47. The Labute approximate surface area is 168 Å². The molecule has 3 aromatic rings. The Bertz CT molecular complexity index is 1050. The maximum atomic E-state index is 12.6. The maximum Gasteiger partial charge on any atom is 0.251 e. The van der Waals surface area contributed by atoms with Crippen LogP contribution in [0.3, 0.4) is 0 Å². The van der Waals surface area contributed by atoms with Gasteiger partial charge in [-0.15, -0.1) is 0 Å². The second-order valence-corrected chi connectivity index (χ2v) is 8.38. The number of carbonyl (C=O) groups excluding carboxylic acids is 1. The van der Waals surface area contributed by atoms with Gasteiger partial charge in [0.2, 0.25) is 10.0 Å². The van der Waals surface area contributed by atoms with Crippen LogP contribution < -0.4 is 10.0 Å². The van der Waals surface area contributed by atoms with Gasteiger partial charge in [0.15, 0.2) is 0 Å². The largest absolute Gasteiger partial charge is 0.468 e. The smallest absolute Gasteiger partial charge is 0.251 e. The van der Waals surface area contributed by atoms with Gasteiger partial charge in [0.1, 0.15) is 5.76 Å². The molecule has 0 bridgehead atoms. The van der Waals surface area contributed by atoms with Gasteiger partial charge in [-0.25, -0.2) is 13.1 Å². The third-order valence-corrected chi connectivity index (χ3v) is 5.79. The first kappa shape index (κ1) is 20.1. The Morgan fingerprint density at radius 1 is 1.11 bits per heavy atom. The topological polar surface area (TPSA) is 88.4 Å². The number of furan rings is 1. The van der Waals surface area contributed by atoms with Crippen LogP contribution in [0.15, 0.2) is 76.2 Å². The maximum absolute atomic E-state index is 12.6. The standard InChI is InChI=1S/C20H19ClN2O4S/c1-14(15-7-9-17(21)10-8-15)23-20(24)16-4-2-6-19(12-16)28(25,26)22-13-18-5-3-11-27-18/h2-12,14,22H,13H2,1H3,(H,23,24). The zero-order valence-electron chi connectivity index (χ0n) is 15.1. The number of halogens is 1. The van der Waals surface area contributed by atoms with Crippen LogP contribution in [0.1, 0.15) is 34.6 Å². The van der Waals surface area contributed by atoms with E-state index in [1.165, 1.54) is 24.5 Å². The van der Waals surface area contributed by atoms with E-state index >= 15 is 0 Å². The van der Waals surface area contributed by atoms with Gasteiger partial charge in [-0.2, -0.15) is 0 Å². The van der Waals surface area contributed by atoms with E-state index in [1.54, 1.807) is 30.3 Å². The first-order valence-corrected chi connectivity index (χ1v) is 10.4. The molecule has 8 heteroatoms. The number of benzene rings is 2. The molecule has 6 nitrogen and oxygen atoms in total. The number of nitrogens with one attached hydrogen (secondary N) is 2. The van der Waals surface area contributed by atoms with E-state index in [2.05, 4.69) is 10.0 Å². The predicted octanol–water partition coefficient (Wildman–Crippen LogP) is 3.90. The molecule has 0 saturated heterocycles. The van der Waals surface area contributed by atoms with Gasteiger partial charge in [-0.05, 0) is 55.0 Å². The normalized spacial score (nSPS) is 12.5. The Morgan fingerprint density at radius 3 is 2.54 bits per heavy atom. The van der Waals surface area contributed by atoms with E-state index in [0.717, 1.165) is 5.56 Å². The molecule has 1 heterocycles. The molecule has 0 fully saturated rings. The van der Waals surface area contributed by atoms with Gasteiger partial charge in [0, 0.05) is 10.6 Å². The molecule has 0 saturated carbocycles. The summed E-state index contributed by atoms with van der Waals surface area (Å²) in [6, 6.07) is 16.1. The van der Waals surface area contributed by atoms with E-state index in [4.69, 9.17) is 16.0 Å². The molecule has 0 aliphatic heterocycles. The number of sulfonamides is 1. The van der Waals surface area contributed by atoms with Crippen molar-refractivity contribution >= 4 is 27.5 Å². The van der Waals surface area contributed by atoms with E-state index < -0.39 is 10.0 Å². The number of carbonyl (C=O) groups is 1. The summed E-state index contributed by atoms with van der Waals surface area (Å²) in [5, 5.41) is 3.47. The van der Waals surface area contributed by atoms with Crippen molar-refractivity contribution in [1.82, 2.24) is 10.0 Å². The molecule has 1 amide bonds. The highest BCUT2D eigenvalue weighted by molar-refractivity contribution is 7.89. The zero-order valence-corrected chi connectivity index (χ0v) is 16.6. The van der Waals surface area contributed by atoms with Crippen molar-refractivity contribution in [3.05, 3.63) is 88.8 Å². The molecule has 0 spiro atoms. The molecule has 146 valence electrons. The monoisotopic (exact) mass is 418 g/mol. The zero-order chi connectivity index (χ0) is 20.1. The molecule has 1 atom stereocenters. The van der Waals surface area contributed by atoms with Gasteiger partial charge in [0.25, 0.3) is 5.91 Å². The fraction of sp³-hybridized carbons (Fsp3) is 0.150. The fourth-order valence-corrected chi connectivity index (χ4v) is 3.75. The van der Waals surface area contributed by atoms with Crippen LogP contribution in [-0.4, -0.2) is 14.3 Å². The minimum atomic E-state index is -3.78. The lowest BCUT2D eigenvalue weighted by atomic mass is 10.1. The minimum Gasteiger partial charge on any atom is -0.468 e. The summed E-state index contributed by atoms with van der Waals surface area (Å²) in [4.78, 5) is 12.6. The summed E-state index contributed by atoms with van der Waals surface area (Å²) in [7, 11) is -3.78. The molecule has 0 aliphatic carbocycles. The Hall–Kier alpha value is -2.61. The van der Waals surface area contributed by atoms with Crippen LogP contribution in [0.25, 0.3) is 0 Å². The molecule has 2 N–H and O–H groups in total. The van der Waals surface area contributed by atoms with Gasteiger partial charge >= 0.3 is 0 Å². The van der Waals surface area contributed by atoms with E-state index in [0.29, 0.717) is 10.8 Å². The Morgan fingerprint density at radius 2 is 1.86 bits per heavy atom. The highest BCUT2D eigenvalue weighted by Gasteiger charge is 2.18. The second-order valence-electron chi connectivity index (χ2n) is 6.18. The number of rotatable bonds is 7. The van der Waals surface area contributed by atoms with Crippen LogP contribution in [0.4, 0.5) is 0 Å². The summed E-state index contributed by atoms with van der Waals surface area (Å²) < 4.78 is 32.5. The number of amides is 1. The van der Waals surface area contributed by atoms with Crippen molar-refractivity contribution in [2.75, 3.05) is 0 Å². The first-order chi connectivity index (χ1) is 13.3. The highest BCUT2D eigenvalue weighted by atomic mass is 35.5. The number of hydrogen-bond acceptors (Lipinski definition) is 4. The molecule has 1 aromatic heterocycles. The van der Waals surface area contributed by atoms with Gasteiger partial charge < -0.3 is 9.73 Å². The van der Waals surface area contributed by atoms with Crippen LogP contribution in [0, 0.1) is 0 Å². The van der Waals surface area contributed by atoms with Crippen LogP contribution in [-0.2, 0) is 16.6 Å². The average molecular weight is 419 g/mol. The van der Waals surface area contributed by atoms with Crippen LogP contribution in [0.5, 0.6) is 0 Å². The Balaban J connectivity index is 1.71. The van der Waals surface area contributed by atoms with Crippen LogP contribution in [0.2, 0.25) is 5.02 Å². The average Bonchev–Trinajstić information content (AvgIpc) is 3.21. The predicted molar refractivity (Wildman–Crippen MR) is 107 cm³/mol. The van der Waals surface area contributed by atoms with E-state index in [1.807, 2.05) is 19.1 Å². The lowest BCUT2D eigenvalue weighted by molar-refractivity contribution is 0.0939. The van der Waals surface area contributed by atoms with Crippen molar-refractivity contribution in [2.45, 2.75) is 24.4 Å². The lowest BCUT2D eigenvalue weighted by Gasteiger charge is -2.15. The SMILES string of the molecule is CC(NC(=O)c1cccc(S(=O)(=O)NCc2ccco2)c1)c1ccc(Cl)cc1. The van der Waals surface area contributed by atoms with Gasteiger partial charge in [-0.3, -0.25) is 4.79 Å². The summed E-state index contributed by atoms with van der Waals surface area (Å²) >= 11 is 5.88. The number of hydrogen-bond donors (Lipinski definition) is 2. The van der Waals surface area contributed by atoms with Crippen molar-refractivity contribution in [3.63, 3.8) is 0 Å². The molecule has 0 radical (unpaired) electrons. The third kappa shape index (κ3) is 5.01. The fourth-order valence-electron chi connectivity index (χ4n) is 2.58. The van der Waals surface area contributed by atoms with Crippen molar-refractivity contribution < 1.29 is 17.6 Å². The molecule has 0 aliphatic rings. The van der Waals surface area contributed by atoms with E-state index in [-0.39, 0.29) is 29.0 Å². The second kappa shape index (κ2) is 8.60. The van der Waals surface area contributed by atoms with Crippen molar-refractivity contribution in [1.29, 1.82) is 0 Å². The van der Waals surface area contributed by atoms with Gasteiger partial charge in [0.05, 0.1) is 23.7 Å².